The average molecular weight is 438 g/mol. The number of thiazole rings is 1. The summed E-state index contributed by atoms with van der Waals surface area (Å²) < 4.78 is 1.09. The first kappa shape index (κ1) is 20.6. The molecule has 7 heteroatoms. The highest BCUT2D eigenvalue weighted by molar-refractivity contribution is 9.10. The van der Waals surface area contributed by atoms with Gasteiger partial charge in [0.15, 0.2) is 5.13 Å². The first-order valence-corrected chi connectivity index (χ1v) is 10.2. The molecule has 0 bridgehead atoms. The maximum atomic E-state index is 11.9. The number of hydrogen-bond donors (Lipinski definition) is 2. The van der Waals surface area contributed by atoms with E-state index in [-0.39, 0.29) is 18.4 Å². The van der Waals surface area contributed by atoms with Crippen LogP contribution in [-0.4, -0.2) is 23.3 Å². The molecule has 5 nitrogen and oxygen atoms in total. The van der Waals surface area contributed by atoms with Gasteiger partial charge in [-0.3, -0.25) is 9.59 Å². The van der Waals surface area contributed by atoms with E-state index >= 15 is 0 Å². The Bertz CT molecular complexity index is 774. The van der Waals surface area contributed by atoms with Gasteiger partial charge in [0.05, 0.1) is 6.54 Å². The maximum absolute atomic E-state index is 11.9. The molecule has 0 atom stereocenters. The molecule has 1 aromatic carbocycles. The third-order valence-corrected chi connectivity index (χ3v) is 5.60. The number of nitrogens with zero attached hydrogens (tertiary/aromatic N) is 1. The van der Waals surface area contributed by atoms with E-state index in [1.54, 1.807) is 6.20 Å². The molecule has 0 saturated heterocycles. The summed E-state index contributed by atoms with van der Waals surface area (Å²) in [6.07, 6.45) is 3.81. The van der Waals surface area contributed by atoms with Crippen molar-refractivity contribution in [3.05, 3.63) is 44.9 Å². The monoisotopic (exact) mass is 437 g/mol. The second kappa shape index (κ2) is 9.83. The van der Waals surface area contributed by atoms with Crippen molar-refractivity contribution < 1.29 is 9.59 Å². The zero-order valence-electron chi connectivity index (χ0n) is 15.3. The molecule has 2 amide bonds. The Morgan fingerprint density at radius 2 is 2.04 bits per heavy atom. The van der Waals surface area contributed by atoms with Crippen molar-refractivity contribution in [3.63, 3.8) is 0 Å². The number of rotatable bonds is 8. The molecule has 26 heavy (non-hydrogen) atoms. The van der Waals surface area contributed by atoms with Crippen molar-refractivity contribution in [2.24, 2.45) is 5.92 Å². The summed E-state index contributed by atoms with van der Waals surface area (Å²) in [6, 6.07) is 6.24. The summed E-state index contributed by atoms with van der Waals surface area (Å²) in [5.41, 5.74) is 2.39. The molecule has 0 spiro atoms. The van der Waals surface area contributed by atoms with Crippen LogP contribution in [0.15, 0.2) is 28.9 Å². The normalized spacial score (nSPS) is 10.8. The summed E-state index contributed by atoms with van der Waals surface area (Å²) in [6.45, 7) is 6.16. The molecule has 0 saturated carbocycles. The fourth-order valence-corrected chi connectivity index (χ4v) is 3.42. The molecular weight excluding hydrogens is 414 g/mol. The average Bonchev–Trinajstić information content (AvgIpc) is 3.01. The zero-order chi connectivity index (χ0) is 19.1. The van der Waals surface area contributed by atoms with Crippen LogP contribution in [0.4, 0.5) is 5.13 Å². The Morgan fingerprint density at radius 3 is 2.73 bits per heavy atom. The molecule has 1 heterocycles. The number of aromatic nitrogens is 1. The van der Waals surface area contributed by atoms with Crippen LogP contribution >= 0.6 is 27.3 Å². The lowest BCUT2D eigenvalue weighted by Gasteiger charge is -2.06. The Hall–Kier alpha value is -1.73. The van der Waals surface area contributed by atoms with E-state index in [0.29, 0.717) is 17.5 Å². The molecule has 0 radical (unpaired) electrons. The smallest absolute Gasteiger partial charge is 0.245 e. The fraction of sp³-hybridized carbons (Fsp3) is 0.421. The van der Waals surface area contributed by atoms with Gasteiger partial charge in [-0.05, 0) is 36.5 Å². The number of aryl methyl sites for hydroxylation is 1. The molecule has 0 fully saturated rings. The topological polar surface area (TPSA) is 71.1 Å². The predicted molar refractivity (Wildman–Crippen MR) is 110 cm³/mol. The number of benzene rings is 1. The van der Waals surface area contributed by atoms with E-state index in [1.165, 1.54) is 22.5 Å². The van der Waals surface area contributed by atoms with Gasteiger partial charge in [-0.25, -0.2) is 4.98 Å². The molecule has 0 aliphatic heterocycles. The van der Waals surface area contributed by atoms with Gasteiger partial charge in [0, 0.05) is 28.4 Å². The quantitative estimate of drug-likeness (QED) is 0.646. The van der Waals surface area contributed by atoms with Crippen molar-refractivity contribution in [3.8, 4) is 0 Å². The Balaban J connectivity index is 1.81. The fourth-order valence-electron chi connectivity index (χ4n) is 2.32. The van der Waals surface area contributed by atoms with E-state index in [4.69, 9.17) is 0 Å². The number of hydrogen-bond acceptors (Lipinski definition) is 4. The number of carbonyl (C=O) groups is 2. The van der Waals surface area contributed by atoms with Crippen LogP contribution in [-0.2, 0) is 16.0 Å². The maximum Gasteiger partial charge on any atom is 0.245 e. The van der Waals surface area contributed by atoms with Gasteiger partial charge >= 0.3 is 0 Å². The molecule has 2 rings (SSSR count). The molecule has 0 aliphatic rings. The van der Waals surface area contributed by atoms with Crippen LogP contribution in [0.1, 0.15) is 42.7 Å². The second-order valence-corrected chi connectivity index (χ2v) is 8.62. The van der Waals surface area contributed by atoms with Gasteiger partial charge in [0.1, 0.15) is 0 Å². The summed E-state index contributed by atoms with van der Waals surface area (Å²) in [5.74, 6) is 0.111. The van der Waals surface area contributed by atoms with E-state index in [2.05, 4.69) is 64.5 Å². The molecule has 2 N–H and O–H groups in total. The molecular formula is C19H24BrN3O2S. The minimum absolute atomic E-state index is 0.0300. The Kier molecular flexibility index (Phi) is 7.78. The highest BCUT2D eigenvalue weighted by Crippen LogP contribution is 2.23. The predicted octanol–water partition coefficient (Wildman–Crippen LogP) is 4.30. The van der Waals surface area contributed by atoms with Crippen molar-refractivity contribution in [2.75, 3.05) is 11.9 Å². The third-order valence-electron chi connectivity index (χ3n) is 3.80. The number of anilines is 1. The molecule has 1 aromatic heterocycles. The van der Waals surface area contributed by atoms with Crippen LogP contribution in [0, 0.1) is 12.8 Å². The SMILES string of the molecule is Cc1cc(Cc2cnc(NC(=O)CNC(=O)CCC(C)C)s2)ccc1Br. The minimum atomic E-state index is -0.261. The molecule has 140 valence electrons. The van der Waals surface area contributed by atoms with E-state index in [9.17, 15) is 9.59 Å². The Labute approximate surface area is 166 Å². The minimum Gasteiger partial charge on any atom is -0.347 e. The van der Waals surface area contributed by atoms with Crippen molar-refractivity contribution >= 4 is 44.2 Å². The van der Waals surface area contributed by atoms with Crippen LogP contribution in [0.5, 0.6) is 0 Å². The Morgan fingerprint density at radius 1 is 1.27 bits per heavy atom. The number of amides is 2. The first-order chi connectivity index (χ1) is 12.3. The van der Waals surface area contributed by atoms with E-state index in [0.717, 1.165) is 22.2 Å². The summed E-state index contributed by atoms with van der Waals surface area (Å²) in [5, 5.41) is 5.92. The van der Waals surface area contributed by atoms with Gasteiger partial charge in [-0.15, -0.1) is 11.3 Å². The molecule has 0 aliphatic carbocycles. The first-order valence-electron chi connectivity index (χ1n) is 8.59. The van der Waals surface area contributed by atoms with Gasteiger partial charge in [-0.1, -0.05) is 41.9 Å². The lowest BCUT2D eigenvalue weighted by molar-refractivity contribution is -0.124. The van der Waals surface area contributed by atoms with Crippen LogP contribution in [0.25, 0.3) is 0 Å². The summed E-state index contributed by atoms with van der Waals surface area (Å²) in [7, 11) is 0. The van der Waals surface area contributed by atoms with E-state index < -0.39 is 0 Å². The van der Waals surface area contributed by atoms with Gasteiger partial charge in [0.25, 0.3) is 0 Å². The summed E-state index contributed by atoms with van der Waals surface area (Å²) >= 11 is 4.95. The van der Waals surface area contributed by atoms with Crippen molar-refractivity contribution in [2.45, 2.75) is 40.0 Å². The number of carbonyl (C=O) groups excluding carboxylic acids is 2. The summed E-state index contributed by atoms with van der Waals surface area (Å²) in [4.78, 5) is 28.9. The lowest BCUT2D eigenvalue weighted by atomic mass is 10.1. The third kappa shape index (κ3) is 6.88. The van der Waals surface area contributed by atoms with Crippen molar-refractivity contribution in [1.82, 2.24) is 10.3 Å². The lowest BCUT2D eigenvalue weighted by Crippen LogP contribution is -2.32. The highest BCUT2D eigenvalue weighted by atomic mass is 79.9. The van der Waals surface area contributed by atoms with Crippen LogP contribution in [0.3, 0.4) is 0 Å². The number of halogens is 1. The van der Waals surface area contributed by atoms with Crippen LogP contribution in [0.2, 0.25) is 0 Å². The van der Waals surface area contributed by atoms with Gasteiger partial charge in [-0.2, -0.15) is 0 Å². The molecule has 2 aromatic rings. The van der Waals surface area contributed by atoms with E-state index in [1.807, 2.05) is 6.07 Å². The second-order valence-electron chi connectivity index (χ2n) is 6.65. The number of nitrogens with one attached hydrogen (secondary N) is 2. The largest absolute Gasteiger partial charge is 0.347 e. The van der Waals surface area contributed by atoms with Crippen LogP contribution < -0.4 is 10.6 Å². The van der Waals surface area contributed by atoms with Gasteiger partial charge in [0.2, 0.25) is 11.8 Å². The van der Waals surface area contributed by atoms with Crippen molar-refractivity contribution in [1.29, 1.82) is 0 Å². The zero-order valence-corrected chi connectivity index (χ0v) is 17.7. The highest BCUT2D eigenvalue weighted by Gasteiger charge is 2.10. The standard InChI is InChI=1S/C19H24BrN3O2S/c1-12(2)4-7-17(24)21-11-18(25)23-19-22-10-15(26-19)9-14-5-6-16(20)13(3)8-14/h5-6,8,10,12H,4,7,9,11H2,1-3H3,(H,21,24)(H,22,23,25). The molecule has 0 unspecified atom stereocenters. The van der Waals surface area contributed by atoms with Gasteiger partial charge < -0.3 is 10.6 Å².